The average Bonchev–Trinajstić information content (AvgIpc) is 2.71. The molecular formula is C19H33IN4O4S. The van der Waals surface area contributed by atoms with Crippen molar-refractivity contribution < 1.29 is 17.9 Å². The van der Waals surface area contributed by atoms with Gasteiger partial charge in [0.25, 0.3) is 0 Å². The Hall–Kier alpha value is -1.11. The quantitative estimate of drug-likeness (QED) is 0.171. The molecule has 0 bridgehead atoms. The van der Waals surface area contributed by atoms with Crippen molar-refractivity contribution in [3.05, 3.63) is 30.3 Å². The molecular weight excluding hydrogens is 507 g/mol. The van der Waals surface area contributed by atoms with Crippen molar-refractivity contribution in [2.45, 2.75) is 32.3 Å². The highest BCUT2D eigenvalue weighted by Crippen LogP contribution is 2.11. The van der Waals surface area contributed by atoms with Crippen LogP contribution in [-0.2, 0) is 14.8 Å². The summed E-state index contributed by atoms with van der Waals surface area (Å²) in [7, 11) is -3.37. The van der Waals surface area contributed by atoms with Crippen LogP contribution in [0.4, 0.5) is 0 Å². The van der Waals surface area contributed by atoms with E-state index in [1.165, 1.54) is 0 Å². The van der Waals surface area contributed by atoms with Crippen molar-refractivity contribution in [3.63, 3.8) is 0 Å². The van der Waals surface area contributed by atoms with Crippen molar-refractivity contribution in [2.24, 2.45) is 4.99 Å². The number of rotatable bonds is 11. The highest BCUT2D eigenvalue weighted by molar-refractivity contribution is 14.0. The molecule has 1 aliphatic rings. The number of nitrogens with zero attached hydrogens (tertiary/aromatic N) is 1. The maximum Gasteiger partial charge on any atom is 0.213 e. The zero-order valence-electron chi connectivity index (χ0n) is 16.9. The molecule has 0 radical (unpaired) electrons. The summed E-state index contributed by atoms with van der Waals surface area (Å²) in [5.41, 5.74) is 0. The molecule has 2 rings (SSSR count). The number of nitrogens with one attached hydrogen (secondary N) is 3. The van der Waals surface area contributed by atoms with Crippen LogP contribution >= 0.6 is 24.0 Å². The fraction of sp³-hybridized carbons (Fsp3) is 0.632. The Balaban J connectivity index is 0.00000420. The number of benzene rings is 1. The molecule has 0 aliphatic carbocycles. The Labute approximate surface area is 191 Å². The second-order valence-corrected chi connectivity index (χ2v) is 8.43. The van der Waals surface area contributed by atoms with E-state index in [-0.39, 0.29) is 42.4 Å². The van der Waals surface area contributed by atoms with E-state index in [4.69, 9.17) is 9.47 Å². The number of ether oxygens (including phenoxy) is 2. The highest BCUT2D eigenvalue weighted by Gasteiger charge is 2.17. The summed E-state index contributed by atoms with van der Waals surface area (Å²) in [6.07, 6.45) is 3.02. The lowest BCUT2D eigenvalue weighted by Gasteiger charge is -2.22. The van der Waals surface area contributed by atoms with Crippen LogP contribution in [-0.4, -0.2) is 65.6 Å². The van der Waals surface area contributed by atoms with E-state index in [9.17, 15) is 8.42 Å². The Bertz CT molecular complexity index is 683. The van der Waals surface area contributed by atoms with E-state index < -0.39 is 10.0 Å². The van der Waals surface area contributed by atoms with Gasteiger partial charge in [-0.05, 0) is 38.3 Å². The number of sulfonamides is 1. The molecule has 1 heterocycles. The van der Waals surface area contributed by atoms with Crippen molar-refractivity contribution >= 4 is 40.0 Å². The van der Waals surface area contributed by atoms with Crippen LogP contribution in [0.15, 0.2) is 35.3 Å². The maximum atomic E-state index is 12.1. The summed E-state index contributed by atoms with van der Waals surface area (Å²) < 4.78 is 38.1. The second-order valence-electron chi connectivity index (χ2n) is 6.50. The van der Waals surface area contributed by atoms with E-state index >= 15 is 0 Å². The summed E-state index contributed by atoms with van der Waals surface area (Å²) in [4.78, 5) is 4.33. The number of hydrogen-bond donors (Lipinski definition) is 3. The molecule has 1 atom stereocenters. The number of guanidine groups is 1. The second kappa shape index (κ2) is 14.8. The summed E-state index contributed by atoms with van der Waals surface area (Å²) in [6, 6.07) is 9.57. The number of para-hydroxylation sites is 1. The smallest absolute Gasteiger partial charge is 0.213 e. The van der Waals surface area contributed by atoms with Gasteiger partial charge in [0, 0.05) is 19.7 Å². The van der Waals surface area contributed by atoms with E-state index in [2.05, 4.69) is 20.3 Å². The van der Waals surface area contributed by atoms with Crippen LogP contribution in [0, 0.1) is 0 Å². The molecule has 1 aromatic carbocycles. The molecule has 166 valence electrons. The van der Waals surface area contributed by atoms with Crippen LogP contribution in [0.2, 0.25) is 0 Å². The monoisotopic (exact) mass is 540 g/mol. The summed E-state index contributed by atoms with van der Waals surface area (Å²) in [6.45, 7) is 4.91. The van der Waals surface area contributed by atoms with Gasteiger partial charge in [-0.25, -0.2) is 13.1 Å². The van der Waals surface area contributed by atoms with Crippen molar-refractivity contribution in [2.75, 3.05) is 45.1 Å². The summed E-state index contributed by atoms with van der Waals surface area (Å²) in [5.74, 6) is 1.33. The average molecular weight is 540 g/mol. The van der Waals surface area contributed by atoms with Gasteiger partial charge in [0.1, 0.15) is 12.4 Å². The highest BCUT2D eigenvalue weighted by atomic mass is 127. The molecule has 1 aromatic rings. The van der Waals surface area contributed by atoms with Gasteiger partial charge in [-0.15, -0.1) is 24.0 Å². The van der Waals surface area contributed by atoms with Crippen LogP contribution in [0.1, 0.15) is 26.2 Å². The summed E-state index contributed by atoms with van der Waals surface area (Å²) >= 11 is 0. The van der Waals surface area contributed by atoms with E-state index in [1.54, 1.807) is 0 Å². The molecule has 1 saturated heterocycles. The fourth-order valence-electron chi connectivity index (χ4n) is 2.73. The van der Waals surface area contributed by atoms with Gasteiger partial charge in [-0.1, -0.05) is 18.2 Å². The molecule has 0 aromatic heterocycles. The van der Waals surface area contributed by atoms with Gasteiger partial charge in [-0.3, -0.25) is 4.99 Å². The molecule has 0 saturated carbocycles. The van der Waals surface area contributed by atoms with Gasteiger partial charge in [0.05, 0.1) is 24.9 Å². The van der Waals surface area contributed by atoms with Gasteiger partial charge < -0.3 is 20.1 Å². The van der Waals surface area contributed by atoms with Crippen LogP contribution < -0.4 is 20.1 Å². The molecule has 3 N–H and O–H groups in total. The standard InChI is InChI=1S/C19H32N4O4S.HI/c1-2-20-19(21-11-14-27-17-8-4-3-5-9-17)22-12-15-28(24,25)23-16-18-10-6-7-13-26-18;/h3-5,8-9,18,23H,2,6-7,10-16H2,1H3,(H2,20,21,22);1H. The van der Waals surface area contributed by atoms with Crippen molar-refractivity contribution in [1.82, 2.24) is 15.4 Å². The third-order valence-corrected chi connectivity index (χ3v) is 5.51. The van der Waals surface area contributed by atoms with Gasteiger partial charge in [-0.2, -0.15) is 0 Å². The fourth-order valence-corrected chi connectivity index (χ4v) is 3.65. The molecule has 29 heavy (non-hydrogen) atoms. The Morgan fingerprint density at radius 1 is 1.24 bits per heavy atom. The first kappa shape index (κ1) is 25.9. The lowest BCUT2D eigenvalue weighted by Crippen LogP contribution is -2.40. The van der Waals surface area contributed by atoms with Gasteiger partial charge in [0.15, 0.2) is 5.96 Å². The van der Waals surface area contributed by atoms with E-state index in [1.807, 2.05) is 37.3 Å². The topological polar surface area (TPSA) is 101 Å². The maximum absolute atomic E-state index is 12.1. The Morgan fingerprint density at radius 2 is 2.03 bits per heavy atom. The largest absolute Gasteiger partial charge is 0.492 e. The Morgan fingerprint density at radius 3 is 2.72 bits per heavy atom. The minimum atomic E-state index is -3.37. The zero-order valence-corrected chi connectivity index (χ0v) is 20.1. The van der Waals surface area contributed by atoms with Gasteiger partial charge in [0.2, 0.25) is 10.0 Å². The van der Waals surface area contributed by atoms with E-state index in [0.717, 1.165) is 25.0 Å². The Kier molecular flexibility index (Phi) is 13.2. The van der Waals surface area contributed by atoms with Crippen LogP contribution in [0.5, 0.6) is 5.75 Å². The lowest BCUT2D eigenvalue weighted by atomic mass is 10.1. The first-order valence-electron chi connectivity index (χ1n) is 9.88. The lowest BCUT2D eigenvalue weighted by molar-refractivity contribution is 0.0200. The molecule has 1 unspecified atom stereocenters. The molecule has 1 fully saturated rings. The molecule has 10 heteroatoms. The first-order valence-corrected chi connectivity index (χ1v) is 11.5. The summed E-state index contributed by atoms with van der Waals surface area (Å²) in [5, 5.41) is 6.24. The minimum Gasteiger partial charge on any atom is -0.492 e. The van der Waals surface area contributed by atoms with Gasteiger partial charge >= 0.3 is 0 Å². The third-order valence-electron chi connectivity index (χ3n) is 4.19. The number of aliphatic imine (C=N–C) groups is 1. The number of halogens is 1. The predicted molar refractivity (Wildman–Crippen MR) is 127 cm³/mol. The predicted octanol–water partition coefficient (Wildman–Crippen LogP) is 1.73. The van der Waals surface area contributed by atoms with Crippen molar-refractivity contribution in [1.29, 1.82) is 0 Å². The molecule has 0 spiro atoms. The van der Waals surface area contributed by atoms with Crippen LogP contribution in [0.25, 0.3) is 0 Å². The normalized spacial score (nSPS) is 17.3. The van der Waals surface area contributed by atoms with Crippen LogP contribution in [0.3, 0.4) is 0 Å². The minimum absolute atomic E-state index is 0. The van der Waals surface area contributed by atoms with E-state index in [0.29, 0.717) is 38.8 Å². The molecule has 8 nitrogen and oxygen atoms in total. The third kappa shape index (κ3) is 11.6. The first-order chi connectivity index (χ1) is 13.6. The number of hydrogen-bond acceptors (Lipinski definition) is 5. The molecule has 1 aliphatic heterocycles. The molecule has 0 amide bonds. The zero-order chi connectivity index (χ0) is 20.1. The SMILES string of the molecule is CCNC(=NCCS(=O)(=O)NCC1CCCCO1)NCCOc1ccccc1.I. The van der Waals surface area contributed by atoms with Crippen molar-refractivity contribution in [3.8, 4) is 5.75 Å².